The SMILES string of the molecule is CN(C)CCCn1cc(NN2C=NC3=CNN(Cc4cccc(N5CCOCC5=O)c4F)C3=C2)cn1. The van der Waals surface area contributed by atoms with Crippen LogP contribution in [0.2, 0.25) is 0 Å². The Kier molecular flexibility index (Phi) is 6.87. The maximum atomic E-state index is 15.4. The number of hydrogen-bond acceptors (Lipinski definition) is 9. The van der Waals surface area contributed by atoms with E-state index in [4.69, 9.17) is 4.74 Å². The highest BCUT2D eigenvalue weighted by atomic mass is 19.1. The molecule has 0 atom stereocenters. The van der Waals surface area contributed by atoms with Crippen LogP contribution in [0.4, 0.5) is 15.8 Å². The molecule has 0 bridgehead atoms. The number of aromatic nitrogens is 2. The smallest absolute Gasteiger partial charge is 0.253 e. The second kappa shape index (κ2) is 10.4. The van der Waals surface area contributed by atoms with E-state index in [0.717, 1.165) is 36.6 Å². The number of rotatable bonds is 9. The van der Waals surface area contributed by atoms with Crippen LogP contribution in [0, 0.1) is 5.82 Å². The number of hydrogen-bond donors (Lipinski definition) is 2. The fraction of sp³-hybridized carbons (Fsp3) is 0.375. The Morgan fingerprint density at radius 1 is 1.31 bits per heavy atom. The molecule has 1 aromatic heterocycles. The topological polar surface area (TPSA) is 93.5 Å². The maximum Gasteiger partial charge on any atom is 0.253 e. The summed E-state index contributed by atoms with van der Waals surface area (Å²) in [5.41, 5.74) is 9.52. The van der Waals surface area contributed by atoms with Crippen molar-refractivity contribution in [3.05, 3.63) is 65.8 Å². The minimum atomic E-state index is -0.417. The zero-order valence-corrected chi connectivity index (χ0v) is 20.4. The summed E-state index contributed by atoms with van der Waals surface area (Å²) >= 11 is 0. The van der Waals surface area contributed by atoms with E-state index >= 15 is 4.39 Å². The van der Waals surface area contributed by atoms with Crippen molar-refractivity contribution in [1.29, 1.82) is 0 Å². The Labute approximate surface area is 209 Å². The van der Waals surface area contributed by atoms with Gasteiger partial charge in [0.15, 0.2) is 5.82 Å². The summed E-state index contributed by atoms with van der Waals surface area (Å²) in [6, 6.07) is 5.11. The Morgan fingerprint density at radius 2 is 2.19 bits per heavy atom. The molecular formula is C24H30FN9O2. The van der Waals surface area contributed by atoms with Crippen molar-refractivity contribution in [3.8, 4) is 0 Å². The minimum Gasteiger partial charge on any atom is -0.370 e. The van der Waals surface area contributed by atoms with Crippen molar-refractivity contribution in [1.82, 2.24) is 30.1 Å². The molecule has 3 aliphatic heterocycles. The van der Waals surface area contributed by atoms with Gasteiger partial charge in [0.05, 0.1) is 36.9 Å². The molecule has 1 fully saturated rings. The first kappa shape index (κ1) is 23.8. The molecule has 36 heavy (non-hydrogen) atoms. The second-order valence-electron chi connectivity index (χ2n) is 9.02. The van der Waals surface area contributed by atoms with Gasteiger partial charge in [-0.2, -0.15) is 5.10 Å². The van der Waals surface area contributed by atoms with E-state index in [2.05, 4.69) is 39.9 Å². The third kappa shape index (κ3) is 5.19. The van der Waals surface area contributed by atoms with E-state index in [0.29, 0.717) is 18.7 Å². The monoisotopic (exact) mass is 495 g/mol. The van der Waals surface area contributed by atoms with Crippen LogP contribution in [-0.2, 0) is 22.6 Å². The normalized spacial score (nSPS) is 17.3. The summed E-state index contributed by atoms with van der Waals surface area (Å²) < 4.78 is 22.5. The van der Waals surface area contributed by atoms with Gasteiger partial charge in [-0.15, -0.1) is 0 Å². The molecule has 2 aromatic rings. The molecule has 1 aromatic carbocycles. The quantitative estimate of drug-likeness (QED) is 0.543. The number of benzene rings is 1. The summed E-state index contributed by atoms with van der Waals surface area (Å²) in [7, 11) is 4.11. The van der Waals surface area contributed by atoms with Crippen molar-refractivity contribution in [3.63, 3.8) is 0 Å². The molecule has 1 saturated heterocycles. The van der Waals surface area contributed by atoms with Crippen LogP contribution in [0.15, 0.2) is 59.4 Å². The standard InChI is InChI=1S/C24H30FN9O2/c1-30(2)7-4-8-31-14-19(11-27-31)29-32-15-22-20(26-17-32)12-28-34(22)13-18-5-3-6-21(24(18)25)33-9-10-36-16-23(33)35/h3,5-6,11-12,14-15,17,28-29H,4,7-10,13,16H2,1-2H3. The molecule has 12 heteroatoms. The zero-order valence-electron chi connectivity index (χ0n) is 20.4. The lowest BCUT2D eigenvalue weighted by Gasteiger charge is -2.29. The number of carbonyl (C=O) groups is 1. The number of nitrogens with one attached hydrogen (secondary N) is 2. The number of anilines is 2. The highest BCUT2D eigenvalue weighted by molar-refractivity contribution is 5.95. The summed E-state index contributed by atoms with van der Waals surface area (Å²) in [6.07, 6.45) is 10.1. The molecule has 0 aliphatic carbocycles. The van der Waals surface area contributed by atoms with Gasteiger partial charge in [0.1, 0.15) is 24.3 Å². The van der Waals surface area contributed by atoms with Gasteiger partial charge in [-0.1, -0.05) is 12.1 Å². The van der Waals surface area contributed by atoms with Gasteiger partial charge >= 0.3 is 0 Å². The van der Waals surface area contributed by atoms with Crippen LogP contribution < -0.4 is 15.8 Å². The summed E-state index contributed by atoms with van der Waals surface area (Å²) in [5.74, 6) is -0.660. The number of fused-ring (bicyclic) bond motifs is 1. The predicted octanol–water partition coefficient (Wildman–Crippen LogP) is 1.71. The Bertz CT molecular complexity index is 1210. The number of hydrazine groups is 2. The molecule has 190 valence electrons. The zero-order chi connectivity index (χ0) is 25.1. The molecule has 4 heterocycles. The van der Waals surface area contributed by atoms with Crippen LogP contribution in [0.3, 0.4) is 0 Å². The van der Waals surface area contributed by atoms with E-state index in [9.17, 15) is 4.79 Å². The summed E-state index contributed by atoms with van der Waals surface area (Å²) in [4.78, 5) is 20.3. The van der Waals surface area contributed by atoms with E-state index in [1.807, 2.05) is 22.1 Å². The number of halogens is 1. The van der Waals surface area contributed by atoms with E-state index < -0.39 is 5.82 Å². The van der Waals surface area contributed by atoms with Gasteiger partial charge in [-0.3, -0.25) is 19.9 Å². The van der Waals surface area contributed by atoms with Crippen molar-refractivity contribution >= 4 is 23.6 Å². The molecule has 0 spiro atoms. The lowest BCUT2D eigenvalue weighted by Crippen LogP contribution is -2.42. The van der Waals surface area contributed by atoms with Crippen LogP contribution >= 0.6 is 0 Å². The molecule has 11 nitrogen and oxygen atoms in total. The maximum absolute atomic E-state index is 15.4. The summed E-state index contributed by atoms with van der Waals surface area (Å²) in [5, 5.41) is 7.97. The minimum absolute atomic E-state index is 0.0344. The average molecular weight is 496 g/mol. The number of nitrogens with zero attached hydrogens (tertiary/aromatic N) is 7. The van der Waals surface area contributed by atoms with Gasteiger partial charge in [-0.05, 0) is 33.1 Å². The molecule has 0 unspecified atom stereocenters. The molecule has 3 aliphatic rings. The fourth-order valence-electron chi connectivity index (χ4n) is 4.22. The van der Waals surface area contributed by atoms with Crippen molar-refractivity contribution in [2.24, 2.45) is 4.99 Å². The predicted molar refractivity (Wildman–Crippen MR) is 134 cm³/mol. The lowest BCUT2D eigenvalue weighted by atomic mass is 10.1. The molecular weight excluding hydrogens is 465 g/mol. The lowest BCUT2D eigenvalue weighted by molar-refractivity contribution is -0.125. The van der Waals surface area contributed by atoms with Crippen molar-refractivity contribution < 1.29 is 13.9 Å². The number of aliphatic imine (C=N–C) groups is 1. The number of aryl methyl sites for hydroxylation is 1. The van der Waals surface area contributed by atoms with Crippen molar-refractivity contribution in [2.75, 3.05) is 50.7 Å². The number of morpholine rings is 1. The van der Waals surface area contributed by atoms with Crippen molar-refractivity contribution in [2.45, 2.75) is 19.5 Å². The Balaban J connectivity index is 1.25. The molecule has 0 radical (unpaired) electrons. The van der Waals surface area contributed by atoms with Crippen LogP contribution in [0.25, 0.3) is 0 Å². The molecule has 0 saturated carbocycles. The number of amides is 1. The average Bonchev–Trinajstić information content (AvgIpc) is 3.47. The van der Waals surface area contributed by atoms with Crippen LogP contribution in [-0.4, -0.2) is 77.3 Å². The largest absolute Gasteiger partial charge is 0.370 e. The second-order valence-corrected chi connectivity index (χ2v) is 9.02. The first-order chi connectivity index (χ1) is 17.5. The highest BCUT2D eigenvalue weighted by Crippen LogP contribution is 2.29. The van der Waals surface area contributed by atoms with Gasteiger partial charge < -0.3 is 20.0 Å². The van der Waals surface area contributed by atoms with Gasteiger partial charge in [0, 0.05) is 31.0 Å². The first-order valence-corrected chi connectivity index (χ1v) is 11.9. The van der Waals surface area contributed by atoms with E-state index in [-0.39, 0.29) is 24.7 Å². The van der Waals surface area contributed by atoms with Crippen LogP contribution in [0.5, 0.6) is 0 Å². The van der Waals surface area contributed by atoms with Crippen LogP contribution in [0.1, 0.15) is 12.0 Å². The molecule has 2 N–H and O–H groups in total. The first-order valence-electron chi connectivity index (χ1n) is 11.9. The molecule has 1 amide bonds. The van der Waals surface area contributed by atoms with E-state index in [1.165, 1.54) is 4.90 Å². The number of ether oxygens (including phenoxy) is 1. The highest BCUT2D eigenvalue weighted by Gasteiger charge is 2.27. The Hall–Kier alpha value is -3.90. The van der Waals surface area contributed by atoms with Gasteiger partial charge in [0.25, 0.3) is 5.91 Å². The van der Waals surface area contributed by atoms with Gasteiger partial charge in [0.2, 0.25) is 0 Å². The fourth-order valence-corrected chi connectivity index (χ4v) is 4.22. The third-order valence-corrected chi connectivity index (χ3v) is 6.04. The van der Waals surface area contributed by atoms with Gasteiger partial charge in [-0.25, -0.2) is 14.4 Å². The Morgan fingerprint density at radius 3 is 3.03 bits per heavy atom. The third-order valence-electron chi connectivity index (χ3n) is 6.04. The van der Waals surface area contributed by atoms with E-state index in [1.54, 1.807) is 41.9 Å². The number of carbonyl (C=O) groups excluding carboxylic acids is 1. The summed E-state index contributed by atoms with van der Waals surface area (Å²) in [6.45, 7) is 2.77. The molecule has 5 rings (SSSR count).